The van der Waals surface area contributed by atoms with Gasteiger partial charge in [-0.05, 0) is 35.7 Å². The first kappa shape index (κ1) is 19.1. The van der Waals surface area contributed by atoms with Crippen molar-refractivity contribution in [1.29, 1.82) is 0 Å². The maximum atomic E-state index is 12.4. The predicted octanol–water partition coefficient (Wildman–Crippen LogP) is 3.82. The molecule has 0 fully saturated rings. The van der Waals surface area contributed by atoms with Gasteiger partial charge in [-0.1, -0.05) is 26.8 Å². The van der Waals surface area contributed by atoms with Crippen LogP contribution in [0, 0.1) is 0 Å². The number of carbonyl (C=O) groups excluding carboxylic acids is 1. The van der Waals surface area contributed by atoms with Gasteiger partial charge in [-0.3, -0.25) is 14.6 Å². The highest BCUT2D eigenvalue weighted by Crippen LogP contribution is 2.23. The highest BCUT2D eigenvalue weighted by atomic mass is 32.2. The summed E-state index contributed by atoms with van der Waals surface area (Å²) in [5.74, 6) is 0.113. The molecule has 0 saturated carbocycles. The fourth-order valence-corrected chi connectivity index (χ4v) is 4.32. The molecule has 0 spiro atoms. The number of nitrogens with one attached hydrogen (secondary N) is 3. The van der Waals surface area contributed by atoms with E-state index in [9.17, 15) is 13.2 Å². The topological polar surface area (TPSA) is 104 Å². The van der Waals surface area contributed by atoms with E-state index in [-0.39, 0.29) is 15.5 Å². The zero-order valence-corrected chi connectivity index (χ0v) is 16.7. The van der Waals surface area contributed by atoms with Crippen molar-refractivity contribution in [2.45, 2.75) is 30.4 Å². The molecule has 27 heavy (non-hydrogen) atoms. The molecule has 0 aliphatic carbocycles. The summed E-state index contributed by atoms with van der Waals surface area (Å²) in [6.45, 7) is 6.13. The molecular formula is C18H20N4O3S2. The monoisotopic (exact) mass is 404 g/mol. The van der Waals surface area contributed by atoms with Crippen molar-refractivity contribution < 1.29 is 13.2 Å². The molecule has 0 aliphatic rings. The fourth-order valence-electron chi connectivity index (χ4n) is 2.27. The summed E-state index contributed by atoms with van der Waals surface area (Å²) in [6, 6.07) is 11.2. The second kappa shape index (κ2) is 7.16. The molecule has 142 valence electrons. The van der Waals surface area contributed by atoms with Gasteiger partial charge in [0.1, 0.15) is 4.21 Å². The Morgan fingerprint density at radius 2 is 1.85 bits per heavy atom. The number of amides is 1. The molecule has 7 nitrogen and oxygen atoms in total. The van der Waals surface area contributed by atoms with Crippen molar-refractivity contribution in [3.05, 3.63) is 59.1 Å². The minimum atomic E-state index is -3.61. The van der Waals surface area contributed by atoms with Crippen molar-refractivity contribution >= 4 is 38.8 Å². The largest absolute Gasteiger partial charge is 0.305 e. The van der Waals surface area contributed by atoms with Gasteiger partial charge in [0.25, 0.3) is 15.9 Å². The molecule has 0 saturated heterocycles. The second-order valence-electron chi connectivity index (χ2n) is 6.99. The van der Waals surface area contributed by atoms with E-state index in [0.717, 1.165) is 17.0 Å². The molecular weight excluding hydrogens is 384 g/mol. The average molecular weight is 405 g/mol. The van der Waals surface area contributed by atoms with Crippen molar-refractivity contribution in [2.75, 3.05) is 10.0 Å². The van der Waals surface area contributed by atoms with Crippen LogP contribution in [0.2, 0.25) is 0 Å². The molecule has 3 N–H and O–H groups in total. The maximum absolute atomic E-state index is 12.4. The lowest BCUT2D eigenvalue weighted by molar-refractivity contribution is 0.102. The highest BCUT2D eigenvalue weighted by Gasteiger charge is 2.18. The number of hydrogen-bond acceptors (Lipinski definition) is 5. The first-order valence-corrected chi connectivity index (χ1v) is 10.5. The molecule has 2 heterocycles. The first-order valence-electron chi connectivity index (χ1n) is 8.19. The maximum Gasteiger partial charge on any atom is 0.271 e. The number of aromatic nitrogens is 2. The Bertz CT molecular complexity index is 1030. The molecule has 0 radical (unpaired) electrons. The number of anilines is 2. The molecule has 2 aromatic heterocycles. The highest BCUT2D eigenvalue weighted by molar-refractivity contribution is 7.94. The van der Waals surface area contributed by atoms with Gasteiger partial charge >= 0.3 is 0 Å². The van der Waals surface area contributed by atoms with Crippen LogP contribution >= 0.6 is 11.3 Å². The summed E-state index contributed by atoms with van der Waals surface area (Å²) in [7, 11) is -3.61. The van der Waals surface area contributed by atoms with Gasteiger partial charge < -0.3 is 5.32 Å². The van der Waals surface area contributed by atoms with Gasteiger partial charge in [-0.25, -0.2) is 8.42 Å². The van der Waals surface area contributed by atoms with Gasteiger partial charge in [0.05, 0.1) is 0 Å². The number of aromatic amines is 1. The number of carbonyl (C=O) groups is 1. The molecule has 3 rings (SSSR count). The summed E-state index contributed by atoms with van der Waals surface area (Å²) < 4.78 is 27.2. The molecule has 9 heteroatoms. The Morgan fingerprint density at radius 3 is 2.41 bits per heavy atom. The van der Waals surface area contributed by atoms with E-state index in [4.69, 9.17) is 0 Å². The van der Waals surface area contributed by atoms with E-state index in [1.54, 1.807) is 41.8 Å². The van der Waals surface area contributed by atoms with Crippen LogP contribution < -0.4 is 10.0 Å². The minimum absolute atomic E-state index is 0.0999. The Labute approximate surface area is 161 Å². The van der Waals surface area contributed by atoms with Crippen molar-refractivity contribution in [1.82, 2.24) is 10.2 Å². The molecule has 0 atom stereocenters. The molecule has 0 unspecified atom stereocenters. The van der Waals surface area contributed by atoms with Crippen LogP contribution in [0.25, 0.3) is 0 Å². The Balaban J connectivity index is 1.68. The summed E-state index contributed by atoms with van der Waals surface area (Å²) >= 11 is 1.14. The minimum Gasteiger partial charge on any atom is -0.305 e. The van der Waals surface area contributed by atoms with Crippen LogP contribution in [-0.2, 0) is 15.4 Å². The van der Waals surface area contributed by atoms with Crippen LogP contribution in [0.3, 0.4) is 0 Å². The molecule has 3 aromatic rings. The van der Waals surface area contributed by atoms with E-state index in [1.165, 1.54) is 6.07 Å². The fraction of sp³-hybridized carbons (Fsp3) is 0.222. The normalized spacial score (nSPS) is 12.0. The lowest BCUT2D eigenvalue weighted by Crippen LogP contribution is -2.14. The molecule has 1 amide bonds. The van der Waals surface area contributed by atoms with E-state index in [0.29, 0.717) is 17.1 Å². The van der Waals surface area contributed by atoms with Crippen LogP contribution in [0.1, 0.15) is 36.8 Å². The van der Waals surface area contributed by atoms with E-state index >= 15 is 0 Å². The number of nitrogens with zero attached hydrogens (tertiary/aromatic N) is 1. The Kier molecular flexibility index (Phi) is 5.07. The quantitative estimate of drug-likeness (QED) is 0.601. The van der Waals surface area contributed by atoms with Gasteiger partial charge in [0.15, 0.2) is 5.82 Å². The number of H-pyrrole nitrogens is 1. The zero-order valence-electron chi connectivity index (χ0n) is 15.1. The van der Waals surface area contributed by atoms with Gasteiger partial charge in [0, 0.05) is 28.4 Å². The van der Waals surface area contributed by atoms with Crippen LogP contribution in [-0.4, -0.2) is 24.5 Å². The van der Waals surface area contributed by atoms with Crippen molar-refractivity contribution in [3.8, 4) is 0 Å². The van der Waals surface area contributed by atoms with E-state index in [2.05, 4.69) is 20.2 Å². The standard InChI is InChI=1S/C18H20N4O3S2/c1-18(2,3)14-11-15(21-20-14)19-17(23)12-6-8-13(9-7-12)22-27(24,25)16-5-4-10-26-16/h4-11,22H,1-3H3,(H2,19,20,21,23). The summed E-state index contributed by atoms with van der Waals surface area (Å²) in [5.41, 5.74) is 1.59. The van der Waals surface area contributed by atoms with Crippen LogP contribution in [0.5, 0.6) is 0 Å². The van der Waals surface area contributed by atoms with E-state index in [1.807, 2.05) is 20.8 Å². The SMILES string of the molecule is CC(C)(C)c1cc(NC(=O)c2ccc(NS(=O)(=O)c3cccs3)cc2)n[nH]1. The lowest BCUT2D eigenvalue weighted by Gasteiger charge is -2.14. The molecule has 0 bridgehead atoms. The summed E-state index contributed by atoms with van der Waals surface area (Å²) in [4.78, 5) is 12.4. The summed E-state index contributed by atoms with van der Waals surface area (Å²) in [6.07, 6.45) is 0. The van der Waals surface area contributed by atoms with Gasteiger partial charge in [0.2, 0.25) is 0 Å². The third kappa shape index (κ3) is 4.55. The van der Waals surface area contributed by atoms with Gasteiger partial charge in [-0.15, -0.1) is 11.3 Å². The number of benzene rings is 1. The number of thiophene rings is 1. The number of sulfonamides is 1. The van der Waals surface area contributed by atoms with Crippen LogP contribution in [0.4, 0.5) is 11.5 Å². The first-order chi connectivity index (χ1) is 12.6. The zero-order chi connectivity index (χ0) is 19.7. The smallest absolute Gasteiger partial charge is 0.271 e. The molecule has 1 aromatic carbocycles. The predicted molar refractivity (Wildman–Crippen MR) is 107 cm³/mol. The Morgan fingerprint density at radius 1 is 1.15 bits per heavy atom. The summed E-state index contributed by atoms with van der Waals surface area (Å²) in [5, 5.41) is 11.4. The number of rotatable bonds is 5. The van der Waals surface area contributed by atoms with E-state index < -0.39 is 10.0 Å². The number of hydrogen-bond donors (Lipinski definition) is 3. The van der Waals surface area contributed by atoms with Gasteiger partial charge in [-0.2, -0.15) is 5.10 Å². The average Bonchev–Trinajstić information content (AvgIpc) is 3.26. The lowest BCUT2D eigenvalue weighted by atomic mass is 9.92. The third-order valence-corrected chi connectivity index (χ3v) is 6.57. The second-order valence-corrected chi connectivity index (χ2v) is 9.84. The van der Waals surface area contributed by atoms with Crippen molar-refractivity contribution in [3.63, 3.8) is 0 Å². The third-order valence-electron chi connectivity index (χ3n) is 3.79. The van der Waals surface area contributed by atoms with Crippen LogP contribution in [0.15, 0.2) is 52.1 Å². The molecule has 0 aliphatic heterocycles. The Hall–Kier alpha value is -2.65. The van der Waals surface area contributed by atoms with Crippen molar-refractivity contribution in [2.24, 2.45) is 0 Å².